The van der Waals surface area contributed by atoms with Crippen molar-refractivity contribution in [2.24, 2.45) is 5.84 Å². The van der Waals surface area contributed by atoms with Crippen molar-refractivity contribution in [2.45, 2.75) is 6.10 Å². The van der Waals surface area contributed by atoms with E-state index in [1.165, 1.54) is 0 Å². The number of hydrogen-bond donors (Lipinski definition) is 1. The first-order valence-electron chi connectivity index (χ1n) is 4.81. The van der Waals surface area contributed by atoms with Gasteiger partial charge in [-0.2, -0.15) is 16.8 Å². The Kier molecular flexibility index (Phi) is 4.86. The van der Waals surface area contributed by atoms with Gasteiger partial charge in [0.05, 0.1) is 6.61 Å². The number of nitrogens with zero attached hydrogens (tertiary/aromatic N) is 1. The number of hydrazine groups is 1. The van der Waals surface area contributed by atoms with Gasteiger partial charge in [-0.15, -0.1) is 11.0 Å². The van der Waals surface area contributed by atoms with E-state index in [-0.39, 0.29) is 11.0 Å². The minimum Gasteiger partial charge on any atom is -0.441 e. The maximum atomic E-state index is 11.4. The normalized spacial score (nSPS) is 21.8. The highest BCUT2D eigenvalue weighted by atomic mass is 32.2. The topological polar surface area (TPSA) is 142 Å². The van der Waals surface area contributed by atoms with Crippen LogP contribution in [0.15, 0.2) is 12.7 Å². The van der Waals surface area contributed by atoms with Crippen molar-refractivity contribution >= 4 is 26.5 Å². The van der Waals surface area contributed by atoms with Crippen LogP contribution in [0.2, 0.25) is 0 Å². The molecule has 10 nitrogen and oxygen atoms in total. The van der Waals surface area contributed by atoms with Crippen LogP contribution in [0.5, 0.6) is 0 Å². The van der Waals surface area contributed by atoms with Crippen molar-refractivity contribution in [1.82, 2.24) is 4.41 Å². The van der Waals surface area contributed by atoms with Gasteiger partial charge in [0.25, 0.3) is 10.1 Å². The molecule has 110 valence electrons. The monoisotopic (exact) mass is 316 g/mol. The molecule has 0 saturated carbocycles. The van der Waals surface area contributed by atoms with Gasteiger partial charge in [-0.1, -0.05) is 6.08 Å². The second-order valence-electron chi connectivity index (χ2n) is 3.34. The van der Waals surface area contributed by atoms with Gasteiger partial charge >= 0.3 is 16.4 Å². The molecule has 1 aliphatic rings. The molecule has 1 rings (SSSR count). The Morgan fingerprint density at radius 1 is 1.58 bits per heavy atom. The fourth-order valence-corrected chi connectivity index (χ4v) is 2.73. The molecule has 1 heterocycles. The van der Waals surface area contributed by atoms with Gasteiger partial charge in [0.1, 0.15) is 18.5 Å². The zero-order valence-corrected chi connectivity index (χ0v) is 11.2. The molecular weight excluding hydrogens is 304 g/mol. The van der Waals surface area contributed by atoms with E-state index in [4.69, 9.17) is 5.84 Å². The number of ether oxygens (including phenoxy) is 1. The van der Waals surface area contributed by atoms with Crippen LogP contribution in [-0.2, 0) is 33.5 Å². The summed E-state index contributed by atoms with van der Waals surface area (Å²) in [4.78, 5) is 11.4. The van der Waals surface area contributed by atoms with Gasteiger partial charge in [-0.3, -0.25) is 4.18 Å². The Hall–Kier alpha value is -1.21. The minimum atomic E-state index is -4.52. The van der Waals surface area contributed by atoms with Crippen LogP contribution < -0.4 is 5.84 Å². The molecule has 0 aromatic carbocycles. The third-order valence-electron chi connectivity index (χ3n) is 1.85. The number of carbonyl (C=O) groups is 1. The van der Waals surface area contributed by atoms with Crippen LogP contribution >= 0.6 is 0 Å². The first kappa shape index (κ1) is 15.8. The summed E-state index contributed by atoms with van der Waals surface area (Å²) < 4.78 is 57.3. The first-order valence-corrected chi connectivity index (χ1v) is 7.75. The van der Waals surface area contributed by atoms with Crippen LogP contribution in [0.3, 0.4) is 0 Å². The van der Waals surface area contributed by atoms with Crippen molar-refractivity contribution < 1.29 is 34.7 Å². The number of rotatable bonds is 5. The van der Waals surface area contributed by atoms with Gasteiger partial charge in [0.15, 0.2) is 0 Å². The predicted octanol–water partition coefficient (Wildman–Crippen LogP) is -1.53. The lowest BCUT2D eigenvalue weighted by Gasteiger charge is -2.17. The van der Waals surface area contributed by atoms with Gasteiger partial charge in [-0.25, -0.2) is 14.8 Å². The fraction of sp³-hybridized carbons (Fsp3) is 0.571. The van der Waals surface area contributed by atoms with Gasteiger partial charge < -0.3 is 4.74 Å². The van der Waals surface area contributed by atoms with E-state index in [0.29, 0.717) is 0 Å². The molecule has 0 aromatic rings. The molecule has 1 atom stereocenters. The van der Waals surface area contributed by atoms with E-state index in [1.807, 2.05) is 0 Å². The molecule has 2 N–H and O–H groups in total. The maximum Gasteiger partial charge on any atom is 0.440 e. The van der Waals surface area contributed by atoms with Crippen molar-refractivity contribution in [1.29, 1.82) is 0 Å². The van der Waals surface area contributed by atoms with Crippen molar-refractivity contribution in [2.75, 3.05) is 19.0 Å². The second-order valence-corrected chi connectivity index (χ2v) is 6.51. The lowest BCUT2D eigenvalue weighted by Crippen LogP contribution is -2.45. The Labute approximate surface area is 110 Å². The maximum absolute atomic E-state index is 11.4. The molecule has 0 aromatic heterocycles. The molecule has 1 fully saturated rings. The summed E-state index contributed by atoms with van der Waals surface area (Å²) in [5.74, 6) is 4.43. The van der Waals surface area contributed by atoms with Crippen molar-refractivity contribution in [3.63, 3.8) is 0 Å². The fourth-order valence-electron chi connectivity index (χ4n) is 1.05. The molecule has 19 heavy (non-hydrogen) atoms. The lowest BCUT2D eigenvalue weighted by molar-refractivity contribution is 0.0755. The SMILES string of the molecule is C=CCOS(=O)(=O)N(N)C(=O)OC1COS(=O)(=O)C1. The smallest absolute Gasteiger partial charge is 0.440 e. The highest BCUT2D eigenvalue weighted by Gasteiger charge is 2.35. The van der Waals surface area contributed by atoms with Gasteiger partial charge in [0, 0.05) is 0 Å². The largest absolute Gasteiger partial charge is 0.441 e. The summed E-state index contributed by atoms with van der Waals surface area (Å²) in [5, 5.41) is 0. The van der Waals surface area contributed by atoms with Gasteiger partial charge in [-0.05, 0) is 0 Å². The minimum absolute atomic E-state index is 0.276. The second kappa shape index (κ2) is 5.83. The summed E-state index contributed by atoms with van der Waals surface area (Å²) in [7, 11) is -8.26. The molecule has 12 heteroatoms. The van der Waals surface area contributed by atoms with Gasteiger partial charge in [0.2, 0.25) is 0 Å². The molecule has 1 aliphatic heterocycles. The van der Waals surface area contributed by atoms with Crippen LogP contribution in [-0.4, -0.2) is 52.4 Å². The number of hydrogen-bond acceptors (Lipinski definition) is 9. The van der Waals surface area contributed by atoms with E-state index in [2.05, 4.69) is 19.7 Å². The Morgan fingerprint density at radius 2 is 2.21 bits per heavy atom. The number of amides is 1. The van der Waals surface area contributed by atoms with Crippen molar-refractivity contribution in [3.8, 4) is 0 Å². The van der Waals surface area contributed by atoms with E-state index in [1.54, 1.807) is 0 Å². The van der Waals surface area contributed by atoms with E-state index in [9.17, 15) is 21.6 Å². The highest BCUT2D eigenvalue weighted by Crippen LogP contribution is 2.13. The third-order valence-corrected chi connectivity index (χ3v) is 4.19. The predicted molar refractivity (Wildman–Crippen MR) is 61.1 cm³/mol. The Morgan fingerprint density at radius 3 is 2.68 bits per heavy atom. The Bertz CT molecular complexity index is 554. The van der Waals surface area contributed by atoms with Crippen molar-refractivity contribution in [3.05, 3.63) is 12.7 Å². The molecule has 0 spiro atoms. The van der Waals surface area contributed by atoms with Crippen LogP contribution in [0, 0.1) is 0 Å². The average molecular weight is 316 g/mol. The average Bonchev–Trinajstić information content (AvgIpc) is 2.65. The summed E-state index contributed by atoms with van der Waals surface area (Å²) >= 11 is 0. The first-order chi connectivity index (χ1) is 8.68. The van der Waals surface area contributed by atoms with E-state index < -0.39 is 45.0 Å². The molecule has 1 amide bonds. The number of carbonyl (C=O) groups excluding carboxylic acids is 1. The lowest BCUT2D eigenvalue weighted by atomic mass is 10.4. The van der Waals surface area contributed by atoms with E-state index in [0.717, 1.165) is 6.08 Å². The molecule has 1 unspecified atom stereocenters. The zero-order valence-electron chi connectivity index (χ0n) is 9.59. The highest BCUT2D eigenvalue weighted by molar-refractivity contribution is 7.87. The molecule has 1 saturated heterocycles. The zero-order chi connectivity index (χ0) is 14.7. The molecule has 0 radical (unpaired) electrons. The van der Waals surface area contributed by atoms with Crippen LogP contribution in [0.4, 0.5) is 4.79 Å². The third kappa shape index (κ3) is 4.43. The quantitative estimate of drug-likeness (QED) is 0.210. The molecular formula is C7H12N2O8S2. The molecule has 0 bridgehead atoms. The summed E-state index contributed by atoms with van der Waals surface area (Å²) in [6.45, 7) is 2.44. The summed E-state index contributed by atoms with van der Waals surface area (Å²) in [6.07, 6.45) is -1.47. The van der Waals surface area contributed by atoms with Crippen LogP contribution in [0.25, 0.3) is 0 Å². The number of nitrogens with two attached hydrogens (primary N) is 1. The van der Waals surface area contributed by atoms with E-state index >= 15 is 0 Å². The molecule has 0 aliphatic carbocycles. The standard InChI is InChI=1S/C7H12N2O8S2/c1-2-3-15-19(13,14)9(8)7(10)17-6-4-16-18(11,12)5-6/h2,6H,1,3-5,8H2. The Balaban J connectivity index is 2.61. The summed E-state index contributed by atoms with van der Waals surface area (Å²) in [6, 6.07) is 0. The summed E-state index contributed by atoms with van der Waals surface area (Å²) in [5.41, 5.74) is 0. The van der Waals surface area contributed by atoms with Crippen LogP contribution in [0.1, 0.15) is 0 Å².